The van der Waals surface area contributed by atoms with Crippen molar-refractivity contribution >= 4 is 11.0 Å². The summed E-state index contributed by atoms with van der Waals surface area (Å²) in [7, 11) is 0. The fraction of sp³-hybridized carbons (Fsp3) is 0.389. The molecule has 0 aliphatic carbocycles. The molecule has 1 aromatic carbocycles. The van der Waals surface area contributed by atoms with Gasteiger partial charge in [-0.05, 0) is 18.9 Å². The molecule has 136 valence electrons. The second kappa shape index (κ2) is 6.68. The number of fused-ring (bicyclic) bond motifs is 1. The van der Waals surface area contributed by atoms with E-state index in [4.69, 9.17) is 0 Å². The van der Waals surface area contributed by atoms with Crippen LogP contribution in [0.5, 0.6) is 0 Å². The summed E-state index contributed by atoms with van der Waals surface area (Å²) in [6, 6.07) is 5.18. The van der Waals surface area contributed by atoms with E-state index in [0.29, 0.717) is 25.9 Å². The highest BCUT2D eigenvalue weighted by Gasteiger charge is 2.37. The maximum absolute atomic E-state index is 14.5. The Kier molecular flexibility index (Phi) is 4.36. The van der Waals surface area contributed by atoms with E-state index < -0.39 is 23.8 Å². The van der Waals surface area contributed by atoms with Crippen molar-refractivity contribution in [2.24, 2.45) is 0 Å². The van der Waals surface area contributed by atoms with Crippen molar-refractivity contribution in [1.29, 1.82) is 0 Å². The lowest BCUT2D eigenvalue weighted by atomic mass is 10.0. The maximum Gasteiger partial charge on any atom is 0.288 e. The van der Waals surface area contributed by atoms with E-state index in [1.54, 1.807) is 17.3 Å². The van der Waals surface area contributed by atoms with Crippen molar-refractivity contribution in [3.05, 3.63) is 54.4 Å². The summed E-state index contributed by atoms with van der Waals surface area (Å²) >= 11 is 0. The molecule has 8 heteroatoms. The van der Waals surface area contributed by atoms with Gasteiger partial charge in [-0.3, -0.25) is 4.90 Å². The zero-order valence-corrected chi connectivity index (χ0v) is 14.0. The highest BCUT2D eigenvalue weighted by atomic mass is 19.3. The summed E-state index contributed by atoms with van der Waals surface area (Å²) in [5.74, 6) is -4.08. The smallest absolute Gasteiger partial charge is 0.288 e. The quantitative estimate of drug-likeness (QED) is 0.715. The lowest BCUT2D eigenvalue weighted by molar-refractivity contribution is -0.0469. The topological polar surface area (TPSA) is 46.8 Å². The minimum atomic E-state index is -3.22. The number of likely N-dealkylation sites (tertiary alicyclic amines) is 1. The van der Waals surface area contributed by atoms with Crippen LogP contribution in [0, 0.1) is 5.82 Å². The number of benzene rings is 1. The van der Waals surface area contributed by atoms with Crippen LogP contribution in [-0.2, 0) is 5.92 Å². The average molecular weight is 361 g/mol. The Morgan fingerprint density at radius 1 is 1.12 bits per heavy atom. The largest absolute Gasteiger partial charge is 0.297 e. The van der Waals surface area contributed by atoms with Crippen molar-refractivity contribution in [2.75, 3.05) is 19.6 Å². The molecule has 0 saturated carbocycles. The predicted octanol–water partition coefficient (Wildman–Crippen LogP) is 3.39. The SMILES string of the molecule is Fc1ccccc1C(F)(F)CN1CCC(n2ncc3cncnc32)CC1. The Morgan fingerprint density at radius 3 is 2.65 bits per heavy atom. The van der Waals surface area contributed by atoms with E-state index >= 15 is 0 Å². The molecule has 2 aromatic heterocycles. The molecule has 3 heterocycles. The number of halogens is 3. The molecular formula is C18H18F3N5. The van der Waals surface area contributed by atoms with Crippen molar-refractivity contribution < 1.29 is 13.2 Å². The van der Waals surface area contributed by atoms with Gasteiger partial charge >= 0.3 is 0 Å². The third-order valence-electron chi connectivity index (χ3n) is 4.85. The minimum Gasteiger partial charge on any atom is -0.297 e. The van der Waals surface area contributed by atoms with Crippen LogP contribution in [0.2, 0.25) is 0 Å². The van der Waals surface area contributed by atoms with Gasteiger partial charge in [-0.2, -0.15) is 13.9 Å². The fourth-order valence-corrected chi connectivity index (χ4v) is 3.51. The number of nitrogens with zero attached hydrogens (tertiary/aromatic N) is 5. The molecular weight excluding hydrogens is 343 g/mol. The predicted molar refractivity (Wildman–Crippen MR) is 90.3 cm³/mol. The lowest BCUT2D eigenvalue weighted by Gasteiger charge is -2.34. The van der Waals surface area contributed by atoms with E-state index in [0.717, 1.165) is 23.2 Å². The van der Waals surface area contributed by atoms with E-state index in [1.165, 1.54) is 18.5 Å². The van der Waals surface area contributed by atoms with Gasteiger partial charge in [-0.15, -0.1) is 0 Å². The highest BCUT2D eigenvalue weighted by Crippen LogP contribution is 2.33. The summed E-state index contributed by atoms with van der Waals surface area (Å²) in [5.41, 5.74) is 0.215. The Balaban J connectivity index is 1.43. The van der Waals surface area contributed by atoms with Crippen LogP contribution in [0.3, 0.4) is 0 Å². The lowest BCUT2D eigenvalue weighted by Crippen LogP contribution is -2.41. The normalized spacial score (nSPS) is 17.0. The maximum atomic E-state index is 14.5. The second-order valence-corrected chi connectivity index (χ2v) is 6.58. The van der Waals surface area contributed by atoms with Crippen LogP contribution < -0.4 is 0 Å². The third kappa shape index (κ3) is 3.16. The summed E-state index contributed by atoms with van der Waals surface area (Å²) in [5, 5.41) is 5.24. The van der Waals surface area contributed by atoms with Gasteiger partial charge in [0.25, 0.3) is 5.92 Å². The van der Waals surface area contributed by atoms with Gasteiger partial charge in [-0.1, -0.05) is 18.2 Å². The van der Waals surface area contributed by atoms with Crippen molar-refractivity contribution in [3.8, 4) is 0 Å². The van der Waals surface area contributed by atoms with Crippen LogP contribution in [0.15, 0.2) is 43.0 Å². The van der Waals surface area contributed by atoms with Crippen LogP contribution in [0.1, 0.15) is 24.4 Å². The van der Waals surface area contributed by atoms with E-state index in [-0.39, 0.29) is 6.04 Å². The van der Waals surface area contributed by atoms with Crippen molar-refractivity contribution in [1.82, 2.24) is 24.6 Å². The van der Waals surface area contributed by atoms with Crippen molar-refractivity contribution in [3.63, 3.8) is 0 Å². The molecule has 0 unspecified atom stereocenters. The molecule has 1 saturated heterocycles. The summed E-state index contributed by atoms with van der Waals surface area (Å²) < 4.78 is 44.5. The van der Waals surface area contributed by atoms with Gasteiger partial charge in [0.1, 0.15) is 12.1 Å². The van der Waals surface area contributed by atoms with Gasteiger partial charge in [0.15, 0.2) is 5.65 Å². The first-order chi connectivity index (χ1) is 12.5. The van der Waals surface area contributed by atoms with E-state index in [1.807, 2.05) is 4.68 Å². The fourth-order valence-electron chi connectivity index (χ4n) is 3.51. The molecule has 5 nitrogen and oxygen atoms in total. The first-order valence-corrected chi connectivity index (χ1v) is 8.53. The Hall–Kier alpha value is -2.48. The van der Waals surface area contributed by atoms with Gasteiger partial charge in [0, 0.05) is 19.3 Å². The molecule has 0 radical (unpaired) electrons. The van der Waals surface area contributed by atoms with E-state index in [9.17, 15) is 13.2 Å². The van der Waals surface area contributed by atoms with Crippen molar-refractivity contribution in [2.45, 2.75) is 24.8 Å². The first-order valence-electron chi connectivity index (χ1n) is 8.53. The van der Waals surface area contributed by atoms with Gasteiger partial charge in [0.05, 0.1) is 29.7 Å². The van der Waals surface area contributed by atoms with Crippen LogP contribution in [0.25, 0.3) is 11.0 Å². The molecule has 26 heavy (non-hydrogen) atoms. The molecule has 1 aliphatic rings. The van der Waals surface area contributed by atoms with E-state index in [2.05, 4.69) is 15.1 Å². The Bertz CT molecular complexity index is 902. The van der Waals surface area contributed by atoms with Crippen LogP contribution in [-0.4, -0.2) is 44.3 Å². The first kappa shape index (κ1) is 17.0. The number of aromatic nitrogens is 4. The monoisotopic (exact) mass is 361 g/mol. The molecule has 0 bridgehead atoms. The summed E-state index contributed by atoms with van der Waals surface area (Å²) in [6.07, 6.45) is 6.27. The molecule has 4 rings (SSSR count). The molecule has 0 amide bonds. The highest BCUT2D eigenvalue weighted by molar-refractivity contribution is 5.72. The molecule has 0 spiro atoms. The Morgan fingerprint density at radius 2 is 1.88 bits per heavy atom. The molecule has 1 aliphatic heterocycles. The van der Waals surface area contributed by atoms with Gasteiger partial charge in [0.2, 0.25) is 0 Å². The number of rotatable bonds is 4. The van der Waals surface area contributed by atoms with Gasteiger partial charge in [-0.25, -0.2) is 19.0 Å². The number of piperidine rings is 1. The molecule has 3 aromatic rings. The minimum absolute atomic E-state index is 0.112. The Labute approximate surface area is 148 Å². The standard InChI is InChI=1S/C18H18F3N5/c19-16-4-2-1-3-15(16)18(20,21)11-25-7-5-14(6-8-25)26-17-13(10-24-26)9-22-12-23-17/h1-4,9-10,12,14H,5-8,11H2. The summed E-state index contributed by atoms with van der Waals surface area (Å²) in [4.78, 5) is 9.92. The molecule has 0 atom stereocenters. The number of alkyl halides is 2. The summed E-state index contributed by atoms with van der Waals surface area (Å²) in [6.45, 7) is 0.519. The average Bonchev–Trinajstić information content (AvgIpc) is 3.06. The molecule has 0 N–H and O–H groups in total. The van der Waals surface area contributed by atoms with Gasteiger partial charge < -0.3 is 0 Å². The zero-order valence-electron chi connectivity index (χ0n) is 14.0. The number of hydrogen-bond acceptors (Lipinski definition) is 4. The molecule has 1 fully saturated rings. The van der Waals surface area contributed by atoms with Crippen LogP contribution in [0.4, 0.5) is 13.2 Å². The third-order valence-corrected chi connectivity index (χ3v) is 4.85. The zero-order chi connectivity index (χ0) is 18.1. The number of hydrogen-bond donors (Lipinski definition) is 0. The van der Waals surface area contributed by atoms with Crippen LogP contribution >= 0.6 is 0 Å². The second-order valence-electron chi connectivity index (χ2n) is 6.58.